The molecule has 0 heterocycles. The molecule has 2 unspecified atom stereocenters. The predicted octanol–water partition coefficient (Wildman–Crippen LogP) is 17.7. The Morgan fingerprint density at radius 3 is 1.18 bits per heavy atom. The second-order valence-electron chi connectivity index (χ2n) is 19.8. The maximum atomic E-state index is 14.1. The molecule has 0 saturated carbocycles. The van der Waals surface area contributed by atoms with Crippen molar-refractivity contribution in [2.45, 2.75) is 86.4 Å². The van der Waals surface area contributed by atoms with E-state index in [1.807, 2.05) is 13.8 Å². The van der Waals surface area contributed by atoms with E-state index in [1.54, 1.807) is 0 Å². The number of unbranched alkanes of at least 4 members (excludes halogenated alkanes) is 2. The molecule has 2 aliphatic carbocycles. The van der Waals surface area contributed by atoms with Crippen LogP contribution in [-0.4, -0.2) is 16.4 Å². The summed E-state index contributed by atoms with van der Waals surface area (Å²) in [5, 5.41) is 11.5. The quantitative estimate of drug-likeness (QED) is 0.0893. The summed E-state index contributed by atoms with van der Waals surface area (Å²) in [6.45, 7) is 8.13. The molecule has 0 aromatic heterocycles. The Labute approximate surface area is 434 Å². The number of carbonyl (C=O) groups excluding carboxylic acids is 2. The molecule has 8 heteroatoms. The van der Waals surface area contributed by atoms with Crippen LogP contribution in [0.5, 0.6) is 0 Å². The van der Waals surface area contributed by atoms with Crippen molar-refractivity contribution in [3.63, 3.8) is 0 Å². The second-order valence-corrected chi connectivity index (χ2v) is 50.2. The number of amides is 2. The van der Waals surface area contributed by atoms with Crippen LogP contribution in [0.4, 0.5) is 0 Å². The minimum absolute atomic E-state index is 0.203. The van der Waals surface area contributed by atoms with E-state index in [2.05, 4.69) is 206 Å². The van der Waals surface area contributed by atoms with Crippen molar-refractivity contribution in [3.8, 4) is 44.5 Å². The van der Waals surface area contributed by atoms with Gasteiger partial charge in [-0.25, -0.2) is 0 Å². The third kappa shape index (κ3) is 8.86. The van der Waals surface area contributed by atoms with E-state index >= 15 is 0 Å². The number of carbonyl (C=O) groups is 2. The molecular weight excluding hydrogens is 1090 g/mol. The fourth-order valence-electron chi connectivity index (χ4n) is 12.1. The molecule has 0 saturated heterocycles. The summed E-state index contributed by atoms with van der Waals surface area (Å²) < 4.78 is -1.91. The number of hydrogen-bond acceptors (Lipinski definition) is 2. The molecular formula is C64H62BCl2HfN2O2. The Balaban J connectivity index is 1.24. The first-order valence-corrected chi connectivity index (χ1v) is 41.2. The second kappa shape index (κ2) is 21.0. The number of hydrogen-bond donors (Lipinski definition) is 2. The first-order chi connectivity index (χ1) is 35.1. The molecule has 2 atom stereocenters. The molecule has 2 amide bonds. The molecule has 2 aliphatic rings. The standard InChI is InChI=1S/2C29H25.C6H11BN2O2.2ClH.Hf/c2*1-2-3-10-21-19-23-13-9-18-28(29(23)20-21)27-16-7-6-15-26(27)25-17-8-12-22-11-4-5-14-24(22)25;1-3-5(10)8-7-9-6(11)4-2;;;/h2*4-9,11-20H,2-3,10H2,1H3;3-4H2,1-2H3,(H-,8,9,10,11);2*1H;/q;;;;;+1/p-1. The molecule has 361 valence electrons. The first-order valence-electron chi connectivity index (χ1n) is 26.1. The Bertz CT molecular complexity index is 3220. The number of nitrogens with one attached hydrogen (secondary N) is 2. The summed E-state index contributed by atoms with van der Waals surface area (Å²) in [6, 6.07) is 60.9. The van der Waals surface area contributed by atoms with Gasteiger partial charge >= 0.3 is 437 Å². The van der Waals surface area contributed by atoms with E-state index in [9.17, 15) is 26.7 Å². The molecule has 0 spiro atoms. The van der Waals surface area contributed by atoms with Crippen LogP contribution in [0.1, 0.15) is 109 Å². The van der Waals surface area contributed by atoms with Crippen LogP contribution in [0, 0.1) is 0 Å². The zero-order chi connectivity index (χ0) is 50.0. The van der Waals surface area contributed by atoms with Crippen molar-refractivity contribution in [3.05, 3.63) is 203 Å². The molecule has 2 N–H and O–H groups in total. The van der Waals surface area contributed by atoms with Crippen LogP contribution in [0.2, 0.25) is 0 Å². The van der Waals surface area contributed by atoms with E-state index in [0.717, 1.165) is 94.2 Å². The van der Waals surface area contributed by atoms with Crippen LogP contribution in [-0.2, 0) is 25.5 Å². The van der Waals surface area contributed by atoms with Gasteiger partial charge in [-0.05, 0) is 0 Å². The normalized spacial score (nSPS) is 15.6. The minimum atomic E-state index is -6.41. The third-order valence-electron chi connectivity index (χ3n) is 15.4. The fourth-order valence-corrected chi connectivity index (χ4v) is 41.8. The molecule has 0 aliphatic heterocycles. The van der Waals surface area contributed by atoms with Crippen molar-refractivity contribution in [2.75, 3.05) is 0 Å². The van der Waals surface area contributed by atoms with Gasteiger partial charge in [0.1, 0.15) is 0 Å². The van der Waals surface area contributed by atoms with Gasteiger partial charge < -0.3 is 0 Å². The van der Waals surface area contributed by atoms with Gasteiger partial charge in [0.2, 0.25) is 0 Å². The zero-order valence-corrected chi connectivity index (χ0v) is 46.9. The molecule has 8 aromatic carbocycles. The zero-order valence-electron chi connectivity index (χ0n) is 41.8. The van der Waals surface area contributed by atoms with Crippen LogP contribution >= 0.6 is 17.2 Å². The predicted molar refractivity (Wildman–Crippen MR) is 304 cm³/mol. The van der Waals surface area contributed by atoms with Crippen molar-refractivity contribution in [1.29, 1.82) is 0 Å². The maximum absolute atomic E-state index is 14.1. The van der Waals surface area contributed by atoms with E-state index in [1.165, 1.54) is 43.8 Å². The Hall–Kier alpha value is -5.78. The van der Waals surface area contributed by atoms with Crippen molar-refractivity contribution >= 4 is 67.2 Å². The summed E-state index contributed by atoms with van der Waals surface area (Å²) in [7, 11) is 18.5. The van der Waals surface area contributed by atoms with Gasteiger partial charge in [0, 0.05) is 0 Å². The monoisotopic (exact) mass is 1150 g/mol. The molecule has 0 radical (unpaired) electrons. The van der Waals surface area contributed by atoms with Gasteiger partial charge in [0.15, 0.2) is 0 Å². The topological polar surface area (TPSA) is 58.2 Å². The molecule has 0 bridgehead atoms. The van der Waals surface area contributed by atoms with Crippen LogP contribution in [0.25, 0.3) is 78.2 Å². The Morgan fingerprint density at radius 1 is 0.444 bits per heavy atom. The van der Waals surface area contributed by atoms with Gasteiger partial charge in [-0.2, -0.15) is 0 Å². The average molecular weight is 1150 g/mol. The van der Waals surface area contributed by atoms with Crippen LogP contribution in [0.3, 0.4) is 0 Å². The summed E-state index contributed by atoms with van der Waals surface area (Å²) in [5.74, 6) is -0.406. The summed E-state index contributed by atoms with van der Waals surface area (Å²) in [4.78, 5) is 28.3. The number of rotatable bonds is 17. The molecule has 0 fully saturated rings. The third-order valence-corrected chi connectivity index (χ3v) is 44.0. The van der Waals surface area contributed by atoms with Crippen LogP contribution in [0.15, 0.2) is 181 Å². The van der Waals surface area contributed by atoms with Crippen LogP contribution < -0.4 is 10.5 Å². The van der Waals surface area contributed by atoms with Crippen molar-refractivity contribution in [2.24, 2.45) is 0 Å². The number of benzene rings is 8. The summed E-state index contributed by atoms with van der Waals surface area (Å²) >= 11 is -6.41. The number of allylic oxidation sites excluding steroid dienone is 2. The van der Waals surface area contributed by atoms with E-state index < -0.39 is 27.8 Å². The SMILES string of the molecule is CCCCC1=Cc2c(-c3ccccc3-c3cccc4ccccc34)cccc2[CH]1[Hf]([Cl])([Cl])([B](NC(=O)CC)NC(=O)CC)[CH]1C(CCCC)=Cc2c(-c3ccccc3-c3cccc4ccccc34)cccc21. The average Bonchev–Trinajstić information content (AvgIpc) is 4.01. The number of halogens is 2. The van der Waals surface area contributed by atoms with Crippen molar-refractivity contribution in [1.82, 2.24) is 10.5 Å². The summed E-state index contributed by atoms with van der Waals surface area (Å²) in [6.07, 6.45) is 10.5. The molecule has 4 nitrogen and oxygen atoms in total. The van der Waals surface area contributed by atoms with Gasteiger partial charge in [-0.15, -0.1) is 0 Å². The van der Waals surface area contributed by atoms with E-state index in [-0.39, 0.29) is 24.7 Å². The van der Waals surface area contributed by atoms with Gasteiger partial charge in [-0.3, -0.25) is 0 Å². The van der Waals surface area contributed by atoms with Gasteiger partial charge in [-0.1, -0.05) is 0 Å². The fraction of sp³-hybridized carbons (Fsp3) is 0.219. The Kier molecular flexibility index (Phi) is 14.5. The Morgan fingerprint density at radius 2 is 0.778 bits per heavy atom. The molecule has 10 rings (SSSR count). The van der Waals surface area contributed by atoms with Crippen molar-refractivity contribution < 1.29 is 25.5 Å². The summed E-state index contributed by atoms with van der Waals surface area (Å²) in [5.41, 5.74) is 15.7. The first kappa shape index (κ1) is 49.8. The van der Waals surface area contributed by atoms with Gasteiger partial charge in [0.25, 0.3) is 0 Å². The molecule has 72 heavy (non-hydrogen) atoms. The van der Waals surface area contributed by atoms with Gasteiger partial charge in [0.05, 0.1) is 0 Å². The molecule has 8 aromatic rings. The van der Waals surface area contributed by atoms with E-state index in [4.69, 9.17) is 0 Å². The number of fused-ring (bicyclic) bond motifs is 4. The van der Waals surface area contributed by atoms with E-state index in [0.29, 0.717) is 0 Å².